The summed E-state index contributed by atoms with van der Waals surface area (Å²) in [6, 6.07) is 9.64. The highest BCUT2D eigenvalue weighted by atomic mass is 35.5. The molecule has 3 rings (SSSR count). The lowest BCUT2D eigenvalue weighted by atomic mass is 9.89. The molecule has 1 heterocycles. The van der Waals surface area contributed by atoms with Crippen molar-refractivity contribution in [2.75, 3.05) is 7.11 Å². The van der Waals surface area contributed by atoms with Crippen molar-refractivity contribution in [2.45, 2.75) is 10.8 Å². The lowest BCUT2D eigenvalue weighted by Crippen LogP contribution is -2.26. The Morgan fingerprint density at radius 1 is 1.24 bits per heavy atom. The van der Waals surface area contributed by atoms with Crippen LogP contribution in [0.15, 0.2) is 52.7 Å². The fourth-order valence-electron chi connectivity index (χ4n) is 2.69. The first-order valence-electron chi connectivity index (χ1n) is 7.87. The number of carbonyl (C=O) groups excluding carboxylic acids is 1. The quantitative estimate of drug-likeness (QED) is 0.550. The highest BCUT2D eigenvalue weighted by molar-refractivity contribution is 7.87. The molecule has 0 bridgehead atoms. The van der Waals surface area contributed by atoms with Crippen molar-refractivity contribution in [3.05, 3.63) is 63.5 Å². The summed E-state index contributed by atoms with van der Waals surface area (Å²) in [4.78, 5) is 11.8. The molecule has 8 nitrogen and oxygen atoms in total. The van der Waals surface area contributed by atoms with E-state index in [4.69, 9.17) is 42.6 Å². The molecule has 0 amide bonds. The molecule has 1 aliphatic rings. The maximum absolute atomic E-state index is 12.6. The van der Waals surface area contributed by atoms with Gasteiger partial charge >= 0.3 is 16.1 Å². The number of halogens is 2. The lowest BCUT2D eigenvalue weighted by molar-refractivity contribution is -0.141. The van der Waals surface area contributed by atoms with Crippen molar-refractivity contribution in [2.24, 2.45) is 5.73 Å². The van der Waals surface area contributed by atoms with E-state index in [0.29, 0.717) is 0 Å². The van der Waals surface area contributed by atoms with E-state index >= 15 is 0 Å². The minimum atomic E-state index is -4.32. The molecule has 11 heteroatoms. The Morgan fingerprint density at radius 3 is 2.62 bits per heavy atom. The summed E-state index contributed by atoms with van der Waals surface area (Å²) in [7, 11) is -3.15. The second-order valence-corrected chi connectivity index (χ2v) is 8.12. The molecule has 0 aliphatic carbocycles. The molecule has 0 aromatic heterocycles. The molecule has 0 saturated carbocycles. The van der Waals surface area contributed by atoms with Gasteiger partial charge in [-0.1, -0.05) is 29.3 Å². The summed E-state index contributed by atoms with van der Waals surface area (Å²) in [5.41, 5.74) is 5.89. The highest BCUT2D eigenvalue weighted by Crippen LogP contribution is 2.41. The minimum Gasteiger partial charge on any atom is -0.468 e. The van der Waals surface area contributed by atoms with Crippen LogP contribution in [0, 0.1) is 11.3 Å². The number of hydrogen-bond acceptors (Lipinski definition) is 8. The van der Waals surface area contributed by atoms with Crippen LogP contribution in [0.2, 0.25) is 10.0 Å². The van der Waals surface area contributed by atoms with E-state index < -0.39 is 22.0 Å². The van der Waals surface area contributed by atoms with Gasteiger partial charge in [-0.25, -0.2) is 0 Å². The SMILES string of the molecule is COC(=O)C1C(C#N)=C(N)Oc2cc(OS(=O)(=O)c3cc(Cl)ccc3Cl)ccc21. The van der Waals surface area contributed by atoms with Crippen LogP contribution >= 0.6 is 23.2 Å². The molecule has 2 aromatic rings. The maximum Gasteiger partial charge on any atom is 0.340 e. The Kier molecular flexibility index (Phi) is 5.61. The molecule has 0 fully saturated rings. The zero-order valence-electron chi connectivity index (χ0n) is 14.7. The molecule has 1 atom stereocenters. The molecule has 150 valence electrons. The highest BCUT2D eigenvalue weighted by Gasteiger charge is 2.36. The molecule has 0 spiro atoms. The number of rotatable bonds is 4. The number of nitrogens with zero attached hydrogens (tertiary/aromatic N) is 1. The minimum absolute atomic E-state index is 0.0433. The number of carbonyl (C=O) groups is 1. The first-order chi connectivity index (χ1) is 13.7. The van der Waals surface area contributed by atoms with Crippen molar-refractivity contribution >= 4 is 39.3 Å². The molecular weight excluding hydrogens is 443 g/mol. The van der Waals surface area contributed by atoms with Crippen LogP contribution in [0.3, 0.4) is 0 Å². The Labute approximate surface area is 176 Å². The van der Waals surface area contributed by atoms with E-state index in [1.807, 2.05) is 6.07 Å². The molecule has 29 heavy (non-hydrogen) atoms. The summed E-state index contributed by atoms with van der Waals surface area (Å²) in [6.07, 6.45) is 0. The van der Waals surface area contributed by atoms with E-state index in [1.54, 1.807) is 0 Å². The van der Waals surface area contributed by atoms with Crippen LogP contribution in [-0.2, 0) is 19.6 Å². The van der Waals surface area contributed by atoms with Crippen LogP contribution < -0.4 is 14.7 Å². The summed E-state index contributed by atoms with van der Waals surface area (Å²) in [6.45, 7) is 0. The van der Waals surface area contributed by atoms with Crippen LogP contribution in [0.1, 0.15) is 11.5 Å². The third kappa shape index (κ3) is 3.96. The third-order valence-electron chi connectivity index (χ3n) is 4.00. The number of nitriles is 1. The van der Waals surface area contributed by atoms with Crippen molar-refractivity contribution in [1.29, 1.82) is 5.26 Å². The van der Waals surface area contributed by atoms with Gasteiger partial charge in [0.05, 0.1) is 12.1 Å². The molecular formula is C18H12Cl2N2O6S. The monoisotopic (exact) mass is 454 g/mol. The molecule has 1 aliphatic heterocycles. The number of benzene rings is 2. The second-order valence-electron chi connectivity index (χ2n) is 5.76. The van der Waals surface area contributed by atoms with Gasteiger partial charge in [0.15, 0.2) is 0 Å². The number of fused-ring (bicyclic) bond motifs is 1. The third-order valence-corrected chi connectivity index (χ3v) is 5.96. The van der Waals surface area contributed by atoms with Gasteiger partial charge in [0.1, 0.15) is 34.0 Å². The van der Waals surface area contributed by atoms with Crippen molar-refractivity contribution < 1.29 is 26.9 Å². The van der Waals surface area contributed by atoms with Gasteiger partial charge in [-0.05, 0) is 24.3 Å². The zero-order chi connectivity index (χ0) is 21.3. The zero-order valence-corrected chi connectivity index (χ0v) is 17.0. The first-order valence-corrected chi connectivity index (χ1v) is 10.0. The Bertz CT molecular complexity index is 1190. The van der Waals surface area contributed by atoms with Gasteiger partial charge in [0, 0.05) is 16.7 Å². The van der Waals surface area contributed by atoms with Gasteiger partial charge in [-0.2, -0.15) is 13.7 Å². The number of ether oxygens (including phenoxy) is 2. The van der Waals surface area contributed by atoms with E-state index in [0.717, 1.165) is 6.07 Å². The van der Waals surface area contributed by atoms with Gasteiger partial charge in [-0.3, -0.25) is 4.79 Å². The van der Waals surface area contributed by atoms with E-state index in [9.17, 15) is 18.5 Å². The van der Waals surface area contributed by atoms with Gasteiger partial charge < -0.3 is 19.4 Å². The van der Waals surface area contributed by atoms with Crippen molar-refractivity contribution in [1.82, 2.24) is 0 Å². The van der Waals surface area contributed by atoms with Gasteiger partial charge in [0.25, 0.3) is 0 Å². The standard InChI is InChI=1S/C18H12Cl2N2O6S/c1-26-18(23)16-11-4-3-10(7-14(11)27-17(22)12(16)8-21)28-29(24,25)15-6-9(19)2-5-13(15)20/h2-7,16H,22H2,1H3. The first kappa shape index (κ1) is 20.8. The number of esters is 1. The summed E-state index contributed by atoms with van der Waals surface area (Å²) >= 11 is 11.8. The predicted octanol–water partition coefficient (Wildman–Crippen LogP) is 3.10. The molecule has 1 unspecified atom stereocenters. The van der Waals surface area contributed by atoms with E-state index in [-0.39, 0.29) is 43.5 Å². The Balaban J connectivity index is 2.01. The van der Waals surface area contributed by atoms with Crippen LogP contribution in [0.4, 0.5) is 0 Å². The van der Waals surface area contributed by atoms with Gasteiger partial charge in [-0.15, -0.1) is 0 Å². The Morgan fingerprint density at radius 2 is 1.97 bits per heavy atom. The van der Waals surface area contributed by atoms with Crippen LogP contribution in [-0.4, -0.2) is 21.5 Å². The largest absolute Gasteiger partial charge is 0.468 e. The summed E-state index contributed by atoms with van der Waals surface area (Å²) in [5.74, 6) is -2.21. The number of hydrogen-bond donors (Lipinski definition) is 1. The smallest absolute Gasteiger partial charge is 0.340 e. The topological polar surface area (TPSA) is 129 Å². The van der Waals surface area contributed by atoms with E-state index in [2.05, 4.69) is 0 Å². The van der Waals surface area contributed by atoms with Crippen LogP contribution in [0.25, 0.3) is 0 Å². The molecule has 2 N–H and O–H groups in total. The average Bonchev–Trinajstić information content (AvgIpc) is 2.67. The maximum atomic E-state index is 12.6. The van der Waals surface area contributed by atoms with Crippen molar-refractivity contribution in [3.63, 3.8) is 0 Å². The number of methoxy groups -OCH3 is 1. The molecule has 2 aromatic carbocycles. The fraction of sp³-hybridized carbons (Fsp3) is 0.111. The fourth-order valence-corrected chi connectivity index (χ4v) is 4.35. The van der Waals surface area contributed by atoms with Crippen LogP contribution in [0.5, 0.6) is 11.5 Å². The Hall–Kier alpha value is -2.93. The second kappa shape index (κ2) is 7.83. The molecule has 0 radical (unpaired) electrons. The lowest BCUT2D eigenvalue weighted by Gasteiger charge is -2.24. The summed E-state index contributed by atoms with van der Waals surface area (Å²) in [5, 5.41) is 9.37. The average molecular weight is 455 g/mol. The predicted molar refractivity (Wildman–Crippen MR) is 103 cm³/mol. The van der Waals surface area contributed by atoms with E-state index in [1.165, 1.54) is 37.4 Å². The molecule has 0 saturated heterocycles. The normalized spacial score (nSPS) is 15.7. The summed E-state index contributed by atoms with van der Waals surface area (Å²) < 4.78 is 40.3. The van der Waals surface area contributed by atoms with Crippen molar-refractivity contribution in [3.8, 4) is 17.6 Å². The number of nitrogens with two attached hydrogens (primary N) is 1. The van der Waals surface area contributed by atoms with Gasteiger partial charge in [0.2, 0.25) is 5.88 Å².